The number of hydrogen-bond donors (Lipinski definition) is 1. The summed E-state index contributed by atoms with van der Waals surface area (Å²) in [5, 5.41) is 9.14. The van der Waals surface area contributed by atoms with Crippen molar-refractivity contribution < 1.29 is 26.3 Å². The fourth-order valence-corrected chi connectivity index (χ4v) is 6.98. The van der Waals surface area contributed by atoms with E-state index in [1.54, 1.807) is 24.3 Å². The summed E-state index contributed by atoms with van der Waals surface area (Å²) in [7, 11) is -2.40. The van der Waals surface area contributed by atoms with Gasteiger partial charge < -0.3 is 9.64 Å². The number of likely N-dealkylation sites (tertiary alicyclic amines) is 1. The lowest BCUT2D eigenvalue weighted by molar-refractivity contribution is -0.139. The van der Waals surface area contributed by atoms with Crippen molar-refractivity contribution in [2.75, 3.05) is 24.9 Å². The highest BCUT2D eigenvalue weighted by molar-refractivity contribution is 7.94. The van der Waals surface area contributed by atoms with Crippen molar-refractivity contribution in [2.24, 2.45) is 0 Å². The number of nitrogens with zero attached hydrogens (tertiary/aromatic N) is 2. The van der Waals surface area contributed by atoms with Crippen LogP contribution in [0.15, 0.2) is 52.7 Å². The number of nitrogens with one attached hydrogen (secondary N) is 1. The highest BCUT2D eigenvalue weighted by Gasteiger charge is 2.36. The van der Waals surface area contributed by atoms with Gasteiger partial charge in [0.2, 0.25) is 0 Å². The van der Waals surface area contributed by atoms with Gasteiger partial charge in [0.05, 0.1) is 28.1 Å². The maximum Gasteiger partial charge on any atom is 0.419 e. The standard InChI is InChI=1S/C24H21ClF3N3O3S2/c1-31-11-9-17(14-31)34-21-12-16(6-7-20(21)24(26,27)28)30-36(32,33)23-19(13-22(25)35-23)18-5-3-2-4-15(18)8-10-29/h2-7,12-13,17,30H,8-9,11,14H2,1H3/t17-/m1/s1. The number of sulfonamides is 1. The van der Waals surface area contributed by atoms with Crippen LogP contribution in [0.5, 0.6) is 5.75 Å². The molecule has 190 valence electrons. The first kappa shape index (κ1) is 26.3. The summed E-state index contributed by atoms with van der Waals surface area (Å²) in [6.07, 6.45) is -4.49. The second kappa shape index (κ2) is 10.3. The van der Waals surface area contributed by atoms with E-state index in [4.69, 9.17) is 21.6 Å². The van der Waals surface area contributed by atoms with E-state index < -0.39 is 33.6 Å². The molecule has 6 nitrogen and oxygen atoms in total. The second-order valence-electron chi connectivity index (χ2n) is 8.35. The third-order valence-electron chi connectivity index (χ3n) is 5.67. The minimum Gasteiger partial charge on any atom is -0.488 e. The van der Waals surface area contributed by atoms with E-state index >= 15 is 0 Å². The average molecular weight is 556 g/mol. The van der Waals surface area contributed by atoms with E-state index in [0.29, 0.717) is 36.2 Å². The van der Waals surface area contributed by atoms with Gasteiger partial charge in [0, 0.05) is 24.7 Å². The molecule has 0 bridgehead atoms. The SMILES string of the molecule is CN1CC[C@@H](Oc2cc(NS(=O)(=O)c3sc(Cl)cc3-c3ccccc3CC#N)ccc2C(F)(F)F)C1. The first-order valence-electron chi connectivity index (χ1n) is 10.8. The maximum atomic E-state index is 13.6. The van der Waals surface area contributed by atoms with Gasteiger partial charge in [-0.2, -0.15) is 18.4 Å². The van der Waals surface area contributed by atoms with E-state index in [1.165, 1.54) is 6.07 Å². The molecule has 1 aromatic heterocycles. The summed E-state index contributed by atoms with van der Waals surface area (Å²) in [6.45, 7) is 1.15. The first-order chi connectivity index (χ1) is 17.0. The summed E-state index contributed by atoms with van der Waals surface area (Å²) in [5.74, 6) is -0.438. The minimum absolute atomic E-state index is 0.0620. The Morgan fingerprint density at radius 1 is 1.22 bits per heavy atom. The number of anilines is 1. The van der Waals surface area contributed by atoms with Gasteiger partial charge in [0.1, 0.15) is 16.1 Å². The minimum atomic E-state index is -4.67. The molecule has 36 heavy (non-hydrogen) atoms. The van der Waals surface area contributed by atoms with Crippen molar-refractivity contribution in [3.63, 3.8) is 0 Å². The van der Waals surface area contributed by atoms with Crippen LogP contribution in [0.25, 0.3) is 11.1 Å². The van der Waals surface area contributed by atoms with Crippen LogP contribution in [0.2, 0.25) is 4.34 Å². The van der Waals surface area contributed by atoms with Crippen LogP contribution in [-0.2, 0) is 22.6 Å². The van der Waals surface area contributed by atoms with Gasteiger partial charge in [-0.1, -0.05) is 35.9 Å². The van der Waals surface area contributed by atoms with Gasteiger partial charge in [0.25, 0.3) is 10.0 Å². The van der Waals surface area contributed by atoms with Crippen molar-refractivity contribution in [1.29, 1.82) is 5.26 Å². The van der Waals surface area contributed by atoms with Crippen molar-refractivity contribution in [1.82, 2.24) is 4.90 Å². The van der Waals surface area contributed by atoms with Crippen LogP contribution in [0.1, 0.15) is 17.5 Å². The third-order valence-corrected chi connectivity index (χ3v) is 8.85. The number of rotatable bonds is 7. The largest absolute Gasteiger partial charge is 0.488 e. The average Bonchev–Trinajstić information content (AvgIpc) is 3.39. The number of hydrogen-bond acceptors (Lipinski definition) is 6. The van der Waals surface area contributed by atoms with Crippen LogP contribution >= 0.6 is 22.9 Å². The predicted octanol–water partition coefficient (Wildman–Crippen LogP) is 6.04. The van der Waals surface area contributed by atoms with Gasteiger partial charge in [-0.15, -0.1) is 11.3 Å². The molecule has 1 N–H and O–H groups in total. The van der Waals surface area contributed by atoms with Gasteiger partial charge in [0.15, 0.2) is 0 Å². The lowest BCUT2D eigenvalue weighted by Crippen LogP contribution is -2.23. The molecule has 0 spiro atoms. The van der Waals surface area contributed by atoms with Crippen LogP contribution < -0.4 is 9.46 Å². The maximum absolute atomic E-state index is 13.6. The van der Waals surface area contributed by atoms with Crippen LogP contribution in [0, 0.1) is 11.3 Å². The first-order valence-corrected chi connectivity index (χ1v) is 13.5. The summed E-state index contributed by atoms with van der Waals surface area (Å²) >= 11 is 6.98. The molecule has 0 saturated carbocycles. The Balaban J connectivity index is 1.70. The number of halogens is 4. The third kappa shape index (κ3) is 5.78. The van der Waals surface area contributed by atoms with Gasteiger partial charge in [-0.3, -0.25) is 4.72 Å². The quantitative estimate of drug-likeness (QED) is 0.384. The Hall–Kier alpha value is -2.78. The molecular weight excluding hydrogens is 535 g/mol. The molecule has 4 rings (SSSR count). The number of nitriles is 1. The number of benzene rings is 2. The number of alkyl halides is 3. The lowest BCUT2D eigenvalue weighted by atomic mass is 10.0. The van der Waals surface area contributed by atoms with Crippen molar-refractivity contribution in [3.8, 4) is 22.9 Å². The molecule has 2 heterocycles. The lowest BCUT2D eigenvalue weighted by Gasteiger charge is -2.19. The van der Waals surface area contributed by atoms with Gasteiger partial charge >= 0.3 is 6.18 Å². The van der Waals surface area contributed by atoms with E-state index in [9.17, 15) is 21.6 Å². The normalized spacial score (nSPS) is 16.6. The summed E-state index contributed by atoms with van der Waals surface area (Å²) in [6, 6.07) is 13.3. The Labute approximate surface area is 215 Å². The number of ether oxygens (including phenoxy) is 1. The summed E-state index contributed by atoms with van der Waals surface area (Å²) in [5.41, 5.74) is 0.401. The molecule has 0 unspecified atom stereocenters. The van der Waals surface area contributed by atoms with E-state index in [1.807, 2.05) is 11.9 Å². The molecule has 1 aliphatic heterocycles. The smallest absolute Gasteiger partial charge is 0.419 e. The van der Waals surface area contributed by atoms with Gasteiger partial charge in [-0.05, 0) is 42.8 Å². The van der Waals surface area contributed by atoms with Crippen molar-refractivity contribution in [2.45, 2.75) is 29.3 Å². The molecule has 12 heteroatoms. The molecular formula is C24H21ClF3N3O3S2. The molecule has 0 amide bonds. The molecule has 1 saturated heterocycles. The van der Waals surface area contributed by atoms with Gasteiger partial charge in [-0.25, -0.2) is 8.42 Å². The van der Waals surface area contributed by atoms with Crippen LogP contribution in [-0.4, -0.2) is 39.6 Å². The summed E-state index contributed by atoms with van der Waals surface area (Å²) < 4.78 is 75.7. The Morgan fingerprint density at radius 3 is 2.64 bits per heavy atom. The highest BCUT2D eigenvalue weighted by atomic mass is 35.5. The zero-order chi connectivity index (χ0) is 26.1. The fraction of sp³-hybridized carbons (Fsp3) is 0.292. The Kier molecular flexibility index (Phi) is 7.52. The molecule has 0 aliphatic carbocycles. The molecule has 1 fully saturated rings. The van der Waals surface area contributed by atoms with E-state index in [2.05, 4.69) is 10.8 Å². The van der Waals surface area contributed by atoms with Crippen LogP contribution in [0.4, 0.5) is 18.9 Å². The molecule has 1 aliphatic rings. The zero-order valence-electron chi connectivity index (χ0n) is 19.0. The summed E-state index contributed by atoms with van der Waals surface area (Å²) in [4.78, 5) is 1.94. The van der Waals surface area contributed by atoms with Crippen molar-refractivity contribution >= 4 is 38.6 Å². The molecule has 1 atom stereocenters. The molecule has 3 aromatic rings. The predicted molar refractivity (Wildman–Crippen MR) is 133 cm³/mol. The Bertz CT molecular complexity index is 1420. The monoisotopic (exact) mass is 555 g/mol. The van der Waals surface area contributed by atoms with E-state index in [-0.39, 0.29) is 20.7 Å². The van der Waals surface area contributed by atoms with Crippen LogP contribution in [0.3, 0.4) is 0 Å². The Morgan fingerprint density at radius 2 is 1.97 bits per heavy atom. The molecule has 0 radical (unpaired) electrons. The second-order valence-corrected chi connectivity index (χ2v) is 11.9. The topological polar surface area (TPSA) is 82.4 Å². The van der Waals surface area contributed by atoms with Crippen molar-refractivity contribution in [3.05, 3.63) is 64.0 Å². The highest BCUT2D eigenvalue weighted by Crippen LogP contribution is 2.42. The fourth-order valence-electron chi connectivity index (χ4n) is 4.04. The van der Waals surface area contributed by atoms with E-state index in [0.717, 1.165) is 29.5 Å². The number of thiophene rings is 1. The zero-order valence-corrected chi connectivity index (χ0v) is 21.4. The molecule has 2 aromatic carbocycles. The number of likely N-dealkylation sites (N-methyl/N-ethyl adjacent to an activating group) is 1.